The fraction of sp³-hybridized carbons (Fsp3) is 0.429. The molecule has 2 aromatic carbocycles. The zero-order valence-electron chi connectivity index (χ0n) is 21.8. The van der Waals surface area contributed by atoms with Crippen LogP contribution in [0.4, 0.5) is 17.8 Å². The third-order valence-electron chi connectivity index (χ3n) is 6.76. The van der Waals surface area contributed by atoms with Crippen LogP contribution in [-0.4, -0.2) is 54.5 Å². The van der Waals surface area contributed by atoms with E-state index < -0.39 is 0 Å². The minimum absolute atomic E-state index is 0.399. The third kappa shape index (κ3) is 6.83. The van der Waals surface area contributed by atoms with E-state index in [0.717, 1.165) is 74.9 Å². The lowest BCUT2D eigenvalue weighted by atomic mass is 10.1. The number of rotatable bonds is 9. The molecule has 9 nitrogen and oxygen atoms in total. The van der Waals surface area contributed by atoms with Gasteiger partial charge in [-0.3, -0.25) is 0 Å². The summed E-state index contributed by atoms with van der Waals surface area (Å²) in [7, 11) is 1.63. The van der Waals surface area contributed by atoms with Gasteiger partial charge in [0.1, 0.15) is 6.61 Å². The summed E-state index contributed by atoms with van der Waals surface area (Å²) in [6.07, 6.45) is 8.86. The largest absolute Gasteiger partial charge is 0.493 e. The summed E-state index contributed by atoms with van der Waals surface area (Å²) in [6, 6.07) is 13.3. The highest BCUT2D eigenvalue weighted by atomic mass is 35.5. The molecular formula is C28H34ClN7O2. The summed E-state index contributed by atoms with van der Waals surface area (Å²) >= 11 is 5.99. The van der Waals surface area contributed by atoms with Crippen LogP contribution >= 0.6 is 11.6 Å². The average molecular weight is 536 g/mol. The van der Waals surface area contributed by atoms with Crippen LogP contribution in [0.2, 0.25) is 5.02 Å². The van der Waals surface area contributed by atoms with Crippen molar-refractivity contribution in [3.05, 3.63) is 58.6 Å². The Hall–Kier alpha value is -3.59. The average Bonchev–Trinajstić information content (AvgIpc) is 2.98. The van der Waals surface area contributed by atoms with E-state index in [2.05, 4.69) is 20.3 Å². The molecule has 1 N–H and O–H groups in total. The number of aromatic nitrogens is 3. The van der Waals surface area contributed by atoms with Gasteiger partial charge in [0.2, 0.25) is 17.8 Å². The van der Waals surface area contributed by atoms with Crippen molar-refractivity contribution in [1.29, 1.82) is 0 Å². The highest BCUT2D eigenvalue weighted by molar-refractivity contribution is 6.30. The minimum Gasteiger partial charge on any atom is -0.493 e. The summed E-state index contributed by atoms with van der Waals surface area (Å²) in [5.41, 5.74) is 4.90. The minimum atomic E-state index is 0.399. The second-order valence-corrected chi connectivity index (χ2v) is 9.99. The molecule has 1 aromatic heterocycles. The Labute approximate surface area is 228 Å². The van der Waals surface area contributed by atoms with E-state index in [1.807, 2.05) is 42.5 Å². The lowest BCUT2D eigenvalue weighted by Gasteiger charge is -2.30. The van der Waals surface area contributed by atoms with Crippen molar-refractivity contribution in [3.8, 4) is 11.5 Å². The molecule has 2 saturated heterocycles. The van der Waals surface area contributed by atoms with E-state index in [-0.39, 0.29) is 0 Å². The SMILES string of the molecule is COc1ccc(/C=N/Nc2nc(N3CCCCC3)nc(N3CCCCC3)n2)cc1OCc1ccc(Cl)cc1. The Morgan fingerprint density at radius 3 is 2.08 bits per heavy atom. The van der Waals surface area contributed by atoms with Gasteiger partial charge in [0.15, 0.2) is 11.5 Å². The van der Waals surface area contributed by atoms with Crippen molar-refractivity contribution in [1.82, 2.24) is 15.0 Å². The number of methoxy groups -OCH3 is 1. The number of halogens is 1. The Bertz CT molecular complexity index is 1190. The molecule has 3 aromatic rings. The van der Waals surface area contributed by atoms with Crippen LogP contribution in [0.5, 0.6) is 11.5 Å². The Kier molecular flexibility index (Phi) is 8.75. The van der Waals surface area contributed by atoms with Gasteiger partial charge in [-0.2, -0.15) is 20.1 Å². The zero-order chi connectivity index (χ0) is 26.2. The molecule has 0 atom stereocenters. The normalized spacial score (nSPS) is 16.1. The van der Waals surface area contributed by atoms with Gasteiger partial charge in [-0.1, -0.05) is 23.7 Å². The second kappa shape index (κ2) is 12.8. The second-order valence-electron chi connectivity index (χ2n) is 9.55. The summed E-state index contributed by atoms with van der Waals surface area (Å²) in [5.74, 6) is 3.18. The fourth-order valence-electron chi connectivity index (χ4n) is 4.67. The summed E-state index contributed by atoms with van der Waals surface area (Å²) in [4.78, 5) is 18.7. The molecule has 5 rings (SSSR count). The number of piperidine rings is 2. The Morgan fingerprint density at radius 1 is 0.842 bits per heavy atom. The van der Waals surface area contributed by atoms with Crippen LogP contribution in [-0.2, 0) is 6.61 Å². The highest BCUT2D eigenvalue weighted by Crippen LogP contribution is 2.29. The van der Waals surface area contributed by atoms with Gasteiger partial charge in [-0.15, -0.1) is 0 Å². The molecule has 0 spiro atoms. The van der Waals surface area contributed by atoms with E-state index in [4.69, 9.17) is 36.0 Å². The van der Waals surface area contributed by atoms with Gasteiger partial charge in [0, 0.05) is 31.2 Å². The molecule has 0 aliphatic carbocycles. The highest BCUT2D eigenvalue weighted by Gasteiger charge is 2.20. The molecule has 2 aliphatic heterocycles. The third-order valence-corrected chi connectivity index (χ3v) is 7.02. The molecule has 0 bridgehead atoms. The maximum Gasteiger partial charge on any atom is 0.250 e. The summed E-state index contributed by atoms with van der Waals surface area (Å²) in [6.45, 7) is 4.27. The first-order chi connectivity index (χ1) is 18.7. The number of anilines is 3. The van der Waals surface area contributed by atoms with Crippen molar-refractivity contribution in [3.63, 3.8) is 0 Å². The number of benzene rings is 2. The fourth-order valence-corrected chi connectivity index (χ4v) is 4.79. The lowest BCUT2D eigenvalue weighted by molar-refractivity contribution is 0.284. The number of hydrogen-bond acceptors (Lipinski definition) is 9. The molecular weight excluding hydrogens is 502 g/mol. The molecule has 3 heterocycles. The molecule has 38 heavy (non-hydrogen) atoms. The smallest absolute Gasteiger partial charge is 0.250 e. The first-order valence-electron chi connectivity index (χ1n) is 13.3. The maximum absolute atomic E-state index is 6.03. The number of hydrogen-bond donors (Lipinski definition) is 1. The monoisotopic (exact) mass is 535 g/mol. The molecule has 2 fully saturated rings. The molecule has 0 unspecified atom stereocenters. The first-order valence-corrected chi connectivity index (χ1v) is 13.7. The van der Waals surface area contributed by atoms with Crippen LogP contribution in [0.15, 0.2) is 47.6 Å². The maximum atomic E-state index is 6.03. The van der Waals surface area contributed by atoms with Gasteiger partial charge in [-0.05, 0) is 80.0 Å². The van der Waals surface area contributed by atoms with E-state index in [0.29, 0.717) is 29.1 Å². The molecule has 0 radical (unpaired) electrons. The van der Waals surface area contributed by atoms with Crippen LogP contribution in [0.25, 0.3) is 0 Å². The quantitative estimate of drug-likeness (QED) is 0.282. The van der Waals surface area contributed by atoms with Gasteiger partial charge in [0.25, 0.3) is 0 Å². The van der Waals surface area contributed by atoms with E-state index in [1.54, 1.807) is 13.3 Å². The molecule has 200 valence electrons. The van der Waals surface area contributed by atoms with Crippen LogP contribution in [0.1, 0.15) is 49.7 Å². The predicted molar refractivity (Wildman–Crippen MR) is 152 cm³/mol. The number of nitrogens with one attached hydrogen (secondary N) is 1. The Morgan fingerprint density at radius 2 is 1.47 bits per heavy atom. The summed E-state index contributed by atoms with van der Waals surface area (Å²) in [5, 5.41) is 5.13. The lowest BCUT2D eigenvalue weighted by Crippen LogP contribution is -2.34. The topological polar surface area (TPSA) is 88.0 Å². The van der Waals surface area contributed by atoms with Crippen molar-refractivity contribution < 1.29 is 9.47 Å². The molecule has 10 heteroatoms. The molecule has 0 saturated carbocycles. The standard InChI is InChI=1S/C28H34ClN7O2/c1-37-24-13-10-22(18-25(24)38-20-21-8-11-23(29)12-9-21)19-30-34-26-31-27(35-14-4-2-5-15-35)33-28(32-26)36-16-6-3-7-17-36/h8-13,18-19H,2-7,14-17,20H2,1H3,(H,31,32,33,34)/b30-19+. The van der Waals surface area contributed by atoms with Gasteiger partial charge in [0.05, 0.1) is 13.3 Å². The van der Waals surface area contributed by atoms with E-state index >= 15 is 0 Å². The van der Waals surface area contributed by atoms with Crippen LogP contribution in [0, 0.1) is 0 Å². The van der Waals surface area contributed by atoms with Crippen molar-refractivity contribution in [2.45, 2.75) is 45.1 Å². The van der Waals surface area contributed by atoms with Crippen LogP contribution in [0.3, 0.4) is 0 Å². The number of ether oxygens (including phenoxy) is 2. The van der Waals surface area contributed by atoms with Gasteiger partial charge >= 0.3 is 0 Å². The summed E-state index contributed by atoms with van der Waals surface area (Å²) < 4.78 is 11.5. The van der Waals surface area contributed by atoms with Crippen molar-refractivity contribution in [2.75, 3.05) is 48.5 Å². The van der Waals surface area contributed by atoms with Crippen molar-refractivity contribution >= 4 is 35.7 Å². The van der Waals surface area contributed by atoms with E-state index in [9.17, 15) is 0 Å². The van der Waals surface area contributed by atoms with Crippen LogP contribution < -0.4 is 24.7 Å². The number of nitrogens with zero attached hydrogens (tertiary/aromatic N) is 6. The number of hydrazone groups is 1. The van der Waals surface area contributed by atoms with Crippen molar-refractivity contribution in [2.24, 2.45) is 5.10 Å². The molecule has 2 aliphatic rings. The van der Waals surface area contributed by atoms with E-state index in [1.165, 1.54) is 12.8 Å². The Balaban J connectivity index is 1.30. The van der Waals surface area contributed by atoms with Gasteiger partial charge < -0.3 is 19.3 Å². The first kappa shape index (κ1) is 26.0. The zero-order valence-corrected chi connectivity index (χ0v) is 22.5. The molecule has 0 amide bonds. The predicted octanol–water partition coefficient (Wildman–Crippen LogP) is 5.54. The van der Waals surface area contributed by atoms with Gasteiger partial charge in [-0.25, -0.2) is 5.43 Å².